The molecule has 3 aromatic heterocycles. The highest BCUT2D eigenvalue weighted by molar-refractivity contribution is 5.85. The Morgan fingerprint density at radius 2 is 1.59 bits per heavy atom. The molecule has 46 heavy (non-hydrogen) atoms. The van der Waals surface area contributed by atoms with Crippen LogP contribution in [-0.4, -0.2) is 45.5 Å². The Labute approximate surface area is 276 Å². The molecule has 0 spiro atoms. The second kappa shape index (κ2) is 17.7. The Bertz CT molecular complexity index is 1560. The van der Waals surface area contributed by atoms with Crippen molar-refractivity contribution >= 4 is 10.9 Å². The lowest BCUT2D eigenvalue weighted by molar-refractivity contribution is 0.187. The monoisotopic (exact) mass is 616 g/mol. The van der Waals surface area contributed by atoms with Gasteiger partial charge in [0.1, 0.15) is 0 Å². The van der Waals surface area contributed by atoms with Crippen molar-refractivity contribution in [3.05, 3.63) is 131 Å². The molecule has 0 aliphatic heterocycles. The normalized spacial score (nSPS) is 13.0. The molecule has 5 aromatic rings. The molecule has 0 saturated heterocycles. The molecule has 0 fully saturated rings. The molecule has 6 nitrogen and oxygen atoms in total. The molecule has 2 aromatic carbocycles. The second-order valence-corrected chi connectivity index (χ2v) is 12.8. The fourth-order valence-electron chi connectivity index (χ4n) is 6.37. The molecule has 3 N–H and O–H groups in total. The maximum absolute atomic E-state index is 4.58. The molecule has 242 valence electrons. The minimum Gasteiger partial charge on any atom is -0.361 e. The summed E-state index contributed by atoms with van der Waals surface area (Å²) < 4.78 is 0. The van der Waals surface area contributed by atoms with Gasteiger partial charge in [-0.1, -0.05) is 67.9 Å². The van der Waals surface area contributed by atoms with Crippen LogP contribution in [-0.2, 0) is 32.5 Å². The second-order valence-electron chi connectivity index (χ2n) is 12.8. The summed E-state index contributed by atoms with van der Waals surface area (Å²) in [6.45, 7) is 12.4. The molecule has 2 unspecified atom stereocenters. The molecule has 0 bridgehead atoms. The van der Waals surface area contributed by atoms with E-state index in [2.05, 4.69) is 124 Å². The minimum absolute atomic E-state index is 0.411. The molecule has 3 heterocycles. The van der Waals surface area contributed by atoms with E-state index in [4.69, 9.17) is 0 Å². The average molecular weight is 617 g/mol. The SMILES string of the molecule is CCC(CCCN(Cc1ccc(CNCCc2c[nH]c3c(C)cccc23)cc1)C(C)CNCc1ccccn1)Cc1ccccn1. The van der Waals surface area contributed by atoms with Gasteiger partial charge < -0.3 is 15.6 Å². The molecule has 0 saturated carbocycles. The van der Waals surface area contributed by atoms with Crippen LogP contribution in [0.3, 0.4) is 0 Å². The van der Waals surface area contributed by atoms with Gasteiger partial charge in [-0.2, -0.15) is 0 Å². The molecule has 5 rings (SSSR count). The highest BCUT2D eigenvalue weighted by Crippen LogP contribution is 2.22. The molecule has 0 radical (unpaired) electrons. The smallest absolute Gasteiger partial charge is 0.0541 e. The van der Waals surface area contributed by atoms with E-state index < -0.39 is 0 Å². The lowest BCUT2D eigenvalue weighted by Gasteiger charge is -2.30. The van der Waals surface area contributed by atoms with Gasteiger partial charge >= 0.3 is 0 Å². The fourth-order valence-corrected chi connectivity index (χ4v) is 6.37. The first kappa shape index (κ1) is 33.5. The first-order chi connectivity index (χ1) is 22.6. The molecular formula is C40H52N6. The Hall–Kier alpha value is -3.84. The highest BCUT2D eigenvalue weighted by Gasteiger charge is 2.16. The number of rotatable bonds is 19. The highest BCUT2D eigenvalue weighted by atomic mass is 15.2. The van der Waals surface area contributed by atoms with Crippen LogP contribution >= 0.6 is 0 Å². The average Bonchev–Trinajstić information content (AvgIpc) is 3.51. The summed E-state index contributed by atoms with van der Waals surface area (Å²) in [5, 5.41) is 8.64. The first-order valence-electron chi connectivity index (χ1n) is 17.2. The quantitative estimate of drug-likeness (QED) is 0.0833. The van der Waals surface area contributed by atoms with Crippen molar-refractivity contribution < 1.29 is 0 Å². The van der Waals surface area contributed by atoms with E-state index in [1.807, 2.05) is 24.5 Å². The van der Waals surface area contributed by atoms with E-state index in [1.54, 1.807) is 0 Å². The van der Waals surface area contributed by atoms with Crippen LogP contribution in [0.2, 0.25) is 0 Å². The van der Waals surface area contributed by atoms with Gasteiger partial charge in [-0.05, 0) is 105 Å². The molecule has 0 amide bonds. The number of para-hydroxylation sites is 1. The van der Waals surface area contributed by atoms with Crippen molar-refractivity contribution in [3.8, 4) is 0 Å². The Kier molecular flexibility index (Phi) is 12.9. The van der Waals surface area contributed by atoms with Crippen LogP contribution < -0.4 is 10.6 Å². The van der Waals surface area contributed by atoms with Crippen LogP contribution in [0.25, 0.3) is 10.9 Å². The maximum Gasteiger partial charge on any atom is 0.0541 e. The van der Waals surface area contributed by atoms with Gasteiger partial charge in [0.15, 0.2) is 0 Å². The van der Waals surface area contributed by atoms with Gasteiger partial charge in [0.25, 0.3) is 0 Å². The Balaban J connectivity index is 1.12. The van der Waals surface area contributed by atoms with E-state index in [0.717, 1.165) is 57.8 Å². The number of benzene rings is 2. The number of nitrogens with zero attached hydrogens (tertiary/aromatic N) is 3. The zero-order valence-corrected chi connectivity index (χ0v) is 28.0. The number of nitrogens with one attached hydrogen (secondary N) is 3. The number of hydrogen-bond donors (Lipinski definition) is 3. The Morgan fingerprint density at radius 3 is 2.33 bits per heavy atom. The van der Waals surface area contributed by atoms with E-state index in [-0.39, 0.29) is 0 Å². The number of fused-ring (bicyclic) bond motifs is 1. The Morgan fingerprint density at radius 1 is 0.826 bits per heavy atom. The summed E-state index contributed by atoms with van der Waals surface area (Å²) >= 11 is 0. The summed E-state index contributed by atoms with van der Waals surface area (Å²) in [5.74, 6) is 0.668. The van der Waals surface area contributed by atoms with Crippen LogP contribution in [0.15, 0.2) is 97.5 Å². The molecular weight excluding hydrogens is 564 g/mol. The first-order valence-corrected chi connectivity index (χ1v) is 17.2. The lowest BCUT2D eigenvalue weighted by Crippen LogP contribution is -2.40. The summed E-state index contributed by atoms with van der Waals surface area (Å²) in [6.07, 6.45) is 11.6. The molecule has 2 atom stereocenters. The van der Waals surface area contributed by atoms with Crippen molar-refractivity contribution in [3.63, 3.8) is 0 Å². The third-order valence-electron chi connectivity index (χ3n) is 9.27. The van der Waals surface area contributed by atoms with Gasteiger partial charge in [0.2, 0.25) is 0 Å². The summed E-state index contributed by atoms with van der Waals surface area (Å²) in [7, 11) is 0. The van der Waals surface area contributed by atoms with Crippen molar-refractivity contribution in [1.29, 1.82) is 0 Å². The predicted molar refractivity (Wildman–Crippen MR) is 192 cm³/mol. The van der Waals surface area contributed by atoms with Crippen molar-refractivity contribution in [1.82, 2.24) is 30.5 Å². The van der Waals surface area contributed by atoms with Crippen LogP contribution in [0, 0.1) is 12.8 Å². The number of aromatic amines is 1. The van der Waals surface area contributed by atoms with Gasteiger partial charge in [-0.25, -0.2) is 0 Å². The number of pyridine rings is 2. The van der Waals surface area contributed by atoms with Crippen molar-refractivity contribution in [2.45, 2.75) is 78.6 Å². The van der Waals surface area contributed by atoms with E-state index >= 15 is 0 Å². The molecule has 0 aliphatic rings. The number of H-pyrrole nitrogens is 1. The fraction of sp³-hybridized carbons (Fsp3) is 0.400. The van der Waals surface area contributed by atoms with Gasteiger partial charge in [-0.3, -0.25) is 14.9 Å². The van der Waals surface area contributed by atoms with Crippen LogP contribution in [0.4, 0.5) is 0 Å². The summed E-state index contributed by atoms with van der Waals surface area (Å²) in [5.41, 5.74) is 8.94. The lowest BCUT2D eigenvalue weighted by atomic mass is 9.94. The molecule has 6 heteroatoms. The number of aromatic nitrogens is 3. The molecule has 0 aliphatic carbocycles. The zero-order valence-electron chi connectivity index (χ0n) is 28.0. The van der Waals surface area contributed by atoms with E-state index in [1.165, 1.54) is 58.1 Å². The maximum atomic E-state index is 4.58. The minimum atomic E-state index is 0.411. The van der Waals surface area contributed by atoms with Crippen LogP contribution in [0.1, 0.15) is 66.8 Å². The summed E-state index contributed by atoms with van der Waals surface area (Å²) in [6, 6.07) is 28.5. The van der Waals surface area contributed by atoms with Gasteiger partial charge in [0, 0.05) is 67.4 Å². The topological polar surface area (TPSA) is 68.9 Å². The van der Waals surface area contributed by atoms with Crippen molar-refractivity contribution in [2.75, 3.05) is 19.6 Å². The van der Waals surface area contributed by atoms with E-state index in [9.17, 15) is 0 Å². The predicted octanol–water partition coefficient (Wildman–Crippen LogP) is 7.63. The zero-order chi connectivity index (χ0) is 32.0. The van der Waals surface area contributed by atoms with Crippen molar-refractivity contribution in [2.24, 2.45) is 5.92 Å². The standard InChI is InChI=1S/C40H52N6/c1-4-33(25-37-13-5-7-21-43-37)12-10-24-46(32(3)26-42-29-38-14-6-8-22-44-38)30-35-18-16-34(17-19-35)27-41-23-20-36-28-45-40-31(2)11-9-15-39(36)40/h5-9,11,13-19,21-22,28,32-33,41-42,45H,4,10,12,20,23-27,29-30H2,1-3H3. The summed E-state index contributed by atoms with van der Waals surface area (Å²) in [4.78, 5) is 15.2. The van der Waals surface area contributed by atoms with Crippen LogP contribution in [0.5, 0.6) is 0 Å². The van der Waals surface area contributed by atoms with E-state index in [0.29, 0.717) is 12.0 Å². The number of hydrogen-bond acceptors (Lipinski definition) is 5. The third kappa shape index (κ3) is 10.1. The largest absolute Gasteiger partial charge is 0.361 e. The van der Waals surface area contributed by atoms with Gasteiger partial charge in [-0.15, -0.1) is 0 Å². The number of aryl methyl sites for hydroxylation is 1. The van der Waals surface area contributed by atoms with Gasteiger partial charge in [0.05, 0.1) is 5.69 Å². The third-order valence-corrected chi connectivity index (χ3v) is 9.27.